The van der Waals surface area contributed by atoms with Crippen LogP contribution >= 0.6 is 11.6 Å². The predicted molar refractivity (Wildman–Crippen MR) is 86.1 cm³/mol. The molecule has 116 valence electrons. The average Bonchev–Trinajstić information content (AvgIpc) is 3.02. The maximum atomic E-state index is 12.9. The van der Waals surface area contributed by atoms with E-state index in [0.29, 0.717) is 17.4 Å². The number of para-hydroxylation sites is 2. The lowest BCUT2D eigenvalue weighted by atomic mass is 9.75. The van der Waals surface area contributed by atoms with Gasteiger partial charge in [-0.25, -0.2) is 0 Å². The molecule has 1 amide bonds. The van der Waals surface area contributed by atoms with Crippen molar-refractivity contribution in [3.05, 3.63) is 53.1 Å². The third-order valence-electron chi connectivity index (χ3n) is 4.94. The number of amides is 1. The molecule has 2 aromatic carbocycles. The maximum Gasteiger partial charge on any atom is 0.262 e. The number of benzene rings is 2. The van der Waals surface area contributed by atoms with Gasteiger partial charge in [0.1, 0.15) is 11.8 Å². The van der Waals surface area contributed by atoms with Gasteiger partial charge in [-0.15, -0.1) is 0 Å². The molecule has 0 bridgehead atoms. The molecule has 2 aromatic rings. The van der Waals surface area contributed by atoms with Crippen molar-refractivity contribution in [2.24, 2.45) is 0 Å². The second-order valence-corrected chi connectivity index (χ2v) is 6.61. The smallest absolute Gasteiger partial charge is 0.262 e. The lowest BCUT2D eigenvalue weighted by Gasteiger charge is -2.52. The van der Waals surface area contributed by atoms with Crippen molar-refractivity contribution in [1.29, 1.82) is 0 Å². The largest absolute Gasteiger partial charge is 0.455 e. The number of halogens is 1. The Labute approximate surface area is 138 Å². The van der Waals surface area contributed by atoms with E-state index in [-0.39, 0.29) is 11.9 Å². The first-order valence-electron chi connectivity index (χ1n) is 7.75. The van der Waals surface area contributed by atoms with E-state index in [1.807, 2.05) is 36.4 Å². The lowest BCUT2D eigenvalue weighted by Crippen LogP contribution is -2.68. The Bertz CT molecular complexity index is 829. The number of anilines is 1. The first-order chi connectivity index (χ1) is 11.2. The Morgan fingerprint density at radius 2 is 2.04 bits per heavy atom. The van der Waals surface area contributed by atoms with Crippen LogP contribution in [0.5, 0.6) is 11.5 Å². The molecule has 0 unspecified atom stereocenters. The molecule has 2 atom stereocenters. The molecule has 2 saturated heterocycles. The molecule has 0 aliphatic carbocycles. The van der Waals surface area contributed by atoms with Crippen LogP contribution < -0.4 is 9.64 Å². The van der Waals surface area contributed by atoms with Gasteiger partial charge in [0, 0.05) is 17.2 Å². The highest BCUT2D eigenvalue weighted by molar-refractivity contribution is 6.30. The van der Waals surface area contributed by atoms with Gasteiger partial charge in [-0.3, -0.25) is 9.69 Å². The van der Waals surface area contributed by atoms with Gasteiger partial charge >= 0.3 is 0 Å². The van der Waals surface area contributed by atoms with Crippen LogP contribution in [-0.2, 0) is 9.53 Å². The molecule has 3 aliphatic heterocycles. The summed E-state index contributed by atoms with van der Waals surface area (Å²) in [6.07, 6.45) is 1.63. The standard InChI is InChI=1S/C18H14ClNO3/c19-11-6-7-14-12(10-11)16-18(8-3-9-22-18)17(21)20(16)13-4-1-2-5-15(13)23-14/h1-2,4-7,10,16H,3,8-9H2/t16-,18-/m1/s1. The minimum absolute atomic E-state index is 0.0175. The van der Waals surface area contributed by atoms with E-state index >= 15 is 0 Å². The van der Waals surface area contributed by atoms with E-state index in [9.17, 15) is 4.79 Å². The maximum absolute atomic E-state index is 12.9. The van der Waals surface area contributed by atoms with Crippen LogP contribution in [0.4, 0.5) is 5.69 Å². The number of fused-ring (bicyclic) bond motifs is 6. The fourth-order valence-corrected chi connectivity index (χ4v) is 4.13. The summed E-state index contributed by atoms with van der Waals surface area (Å²) in [5.41, 5.74) is 0.936. The molecule has 0 N–H and O–H groups in total. The molecule has 0 saturated carbocycles. The monoisotopic (exact) mass is 327 g/mol. The minimum atomic E-state index is -0.764. The fraction of sp³-hybridized carbons (Fsp3) is 0.278. The van der Waals surface area contributed by atoms with Gasteiger partial charge < -0.3 is 9.47 Å². The van der Waals surface area contributed by atoms with Gasteiger partial charge in [0.05, 0.1) is 5.69 Å². The van der Waals surface area contributed by atoms with Gasteiger partial charge in [0.2, 0.25) is 0 Å². The van der Waals surface area contributed by atoms with Crippen LogP contribution in [0.25, 0.3) is 0 Å². The zero-order valence-electron chi connectivity index (χ0n) is 12.3. The Hall–Kier alpha value is -2.04. The molecule has 1 spiro atoms. The second kappa shape index (κ2) is 4.49. The number of carbonyl (C=O) groups is 1. The van der Waals surface area contributed by atoms with Crippen molar-refractivity contribution < 1.29 is 14.3 Å². The van der Waals surface area contributed by atoms with Crippen molar-refractivity contribution in [1.82, 2.24) is 0 Å². The van der Waals surface area contributed by atoms with Crippen molar-refractivity contribution in [2.75, 3.05) is 11.5 Å². The van der Waals surface area contributed by atoms with Crippen molar-refractivity contribution in [3.63, 3.8) is 0 Å². The van der Waals surface area contributed by atoms with Crippen molar-refractivity contribution >= 4 is 23.2 Å². The highest BCUT2D eigenvalue weighted by atomic mass is 35.5. The number of hydrogen-bond donors (Lipinski definition) is 0. The third kappa shape index (κ3) is 1.62. The van der Waals surface area contributed by atoms with Gasteiger partial charge in [-0.1, -0.05) is 23.7 Å². The van der Waals surface area contributed by atoms with Crippen molar-refractivity contribution in [3.8, 4) is 11.5 Å². The second-order valence-electron chi connectivity index (χ2n) is 6.17. The zero-order chi connectivity index (χ0) is 15.6. The first-order valence-corrected chi connectivity index (χ1v) is 8.12. The van der Waals surface area contributed by atoms with E-state index in [4.69, 9.17) is 21.1 Å². The molecule has 0 aromatic heterocycles. The van der Waals surface area contributed by atoms with E-state index in [1.54, 1.807) is 11.0 Å². The molecule has 3 aliphatic rings. The Balaban J connectivity index is 1.77. The van der Waals surface area contributed by atoms with Gasteiger partial charge in [-0.05, 0) is 43.2 Å². The third-order valence-corrected chi connectivity index (χ3v) is 5.18. The molecular weight excluding hydrogens is 314 g/mol. The van der Waals surface area contributed by atoms with Crippen molar-refractivity contribution in [2.45, 2.75) is 24.5 Å². The molecule has 3 heterocycles. The van der Waals surface area contributed by atoms with E-state index in [0.717, 1.165) is 29.8 Å². The van der Waals surface area contributed by atoms with Crippen LogP contribution in [0.15, 0.2) is 42.5 Å². The topological polar surface area (TPSA) is 38.8 Å². The average molecular weight is 328 g/mol. The summed E-state index contributed by atoms with van der Waals surface area (Å²) in [5, 5.41) is 0.630. The minimum Gasteiger partial charge on any atom is -0.455 e. The van der Waals surface area contributed by atoms with E-state index in [2.05, 4.69) is 0 Å². The molecule has 23 heavy (non-hydrogen) atoms. The summed E-state index contributed by atoms with van der Waals surface area (Å²) in [5.74, 6) is 1.43. The van der Waals surface area contributed by atoms with Crippen LogP contribution in [-0.4, -0.2) is 18.1 Å². The molecular formula is C18H14ClNO3. The number of β-lactam (4-membered cyclic amide) rings is 1. The summed E-state index contributed by atoms with van der Waals surface area (Å²) in [7, 11) is 0. The number of nitrogens with zero attached hydrogens (tertiary/aromatic N) is 1. The zero-order valence-corrected chi connectivity index (χ0v) is 13.0. The quantitative estimate of drug-likeness (QED) is 0.684. The highest BCUT2D eigenvalue weighted by Gasteiger charge is 2.65. The predicted octanol–water partition coefficient (Wildman–Crippen LogP) is 4.08. The molecule has 4 nitrogen and oxygen atoms in total. The van der Waals surface area contributed by atoms with Crippen LogP contribution in [0.3, 0.4) is 0 Å². The summed E-state index contributed by atoms with van der Waals surface area (Å²) < 4.78 is 12.0. The van der Waals surface area contributed by atoms with Crippen LogP contribution in [0.2, 0.25) is 5.02 Å². The molecule has 5 heteroatoms. The van der Waals surface area contributed by atoms with E-state index < -0.39 is 5.60 Å². The van der Waals surface area contributed by atoms with Gasteiger partial charge in [-0.2, -0.15) is 0 Å². The Morgan fingerprint density at radius 3 is 2.87 bits per heavy atom. The molecule has 2 fully saturated rings. The van der Waals surface area contributed by atoms with E-state index in [1.165, 1.54) is 0 Å². The first kappa shape index (κ1) is 13.4. The lowest BCUT2D eigenvalue weighted by molar-refractivity contribution is -0.156. The highest BCUT2D eigenvalue weighted by Crippen LogP contribution is 2.58. The Kier molecular flexibility index (Phi) is 2.62. The van der Waals surface area contributed by atoms with Crippen LogP contribution in [0, 0.1) is 0 Å². The summed E-state index contributed by atoms with van der Waals surface area (Å²) >= 11 is 6.21. The summed E-state index contributed by atoms with van der Waals surface area (Å²) in [6, 6.07) is 13.0. The fourth-order valence-electron chi connectivity index (χ4n) is 3.95. The number of ether oxygens (including phenoxy) is 2. The number of carbonyl (C=O) groups excluding carboxylic acids is 1. The van der Waals surface area contributed by atoms with Crippen LogP contribution in [0.1, 0.15) is 24.4 Å². The SMILES string of the molecule is O=C1N2c3ccccc3Oc3ccc(Cl)cc3[C@@H]2[C@]12CCCO2. The summed E-state index contributed by atoms with van der Waals surface area (Å²) in [4.78, 5) is 14.7. The van der Waals surface area contributed by atoms with Gasteiger partial charge in [0.25, 0.3) is 5.91 Å². The van der Waals surface area contributed by atoms with Gasteiger partial charge in [0.15, 0.2) is 11.4 Å². The summed E-state index contributed by atoms with van der Waals surface area (Å²) in [6.45, 7) is 0.620. The molecule has 0 radical (unpaired) electrons. The normalized spacial score (nSPS) is 27.6. The Morgan fingerprint density at radius 1 is 1.17 bits per heavy atom. The number of rotatable bonds is 0. The number of hydrogen-bond acceptors (Lipinski definition) is 3. The molecule has 5 rings (SSSR count).